The van der Waals surface area contributed by atoms with Crippen molar-refractivity contribution in [1.29, 1.82) is 0 Å². The molecule has 0 bridgehead atoms. The molecule has 2 heterocycles. The molecular formula is C24H27FN4O2. The van der Waals surface area contributed by atoms with Gasteiger partial charge in [-0.15, -0.1) is 0 Å². The van der Waals surface area contributed by atoms with E-state index in [1.54, 1.807) is 6.07 Å². The van der Waals surface area contributed by atoms with Gasteiger partial charge in [-0.05, 0) is 56.1 Å². The number of nitrogens with zero attached hydrogens (tertiary/aromatic N) is 3. The number of benzene rings is 2. The van der Waals surface area contributed by atoms with Crippen molar-refractivity contribution in [3.05, 3.63) is 65.6 Å². The number of hydrogen-bond donors (Lipinski definition) is 1. The number of ether oxygens (including phenoxy) is 1. The van der Waals surface area contributed by atoms with E-state index in [4.69, 9.17) is 15.6 Å². The minimum atomic E-state index is -0.428. The van der Waals surface area contributed by atoms with Gasteiger partial charge in [0, 0.05) is 30.4 Å². The fourth-order valence-electron chi connectivity index (χ4n) is 4.20. The Kier molecular flexibility index (Phi) is 6.04. The normalized spacial score (nSPS) is 16.9. The van der Waals surface area contributed by atoms with Crippen molar-refractivity contribution in [2.75, 3.05) is 20.2 Å². The van der Waals surface area contributed by atoms with Crippen LogP contribution in [0, 0.1) is 18.7 Å². The van der Waals surface area contributed by atoms with Crippen molar-refractivity contribution in [3.63, 3.8) is 0 Å². The van der Waals surface area contributed by atoms with Gasteiger partial charge in [-0.1, -0.05) is 18.2 Å². The maximum absolute atomic E-state index is 14.4. The molecule has 2 aromatic carbocycles. The summed E-state index contributed by atoms with van der Waals surface area (Å²) in [5.41, 5.74) is 9.98. The van der Waals surface area contributed by atoms with Crippen molar-refractivity contribution in [3.8, 4) is 22.7 Å². The molecule has 3 aromatic rings. The van der Waals surface area contributed by atoms with Crippen LogP contribution in [0.1, 0.15) is 24.0 Å². The summed E-state index contributed by atoms with van der Waals surface area (Å²) in [7, 11) is 1.45. The molecule has 1 aromatic heterocycles. The zero-order chi connectivity index (χ0) is 22.0. The Bertz CT molecular complexity index is 1090. The first kappa shape index (κ1) is 21.1. The zero-order valence-electron chi connectivity index (χ0n) is 17.8. The Balaban J connectivity index is 1.73. The van der Waals surface area contributed by atoms with Crippen LogP contribution in [0.2, 0.25) is 0 Å². The third-order valence-corrected chi connectivity index (χ3v) is 5.88. The molecule has 6 nitrogen and oxygen atoms in total. The van der Waals surface area contributed by atoms with Gasteiger partial charge in [0.15, 0.2) is 11.6 Å². The van der Waals surface area contributed by atoms with E-state index in [1.165, 1.54) is 13.2 Å². The molecule has 31 heavy (non-hydrogen) atoms. The SMILES string of the molecule is COc1ccc(-c2nn(-c3ccccc3C)cc2CN2CCC[C@H](C(N)=O)C2)cc1F. The van der Waals surface area contributed by atoms with Gasteiger partial charge in [-0.3, -0.25) is 9.69 Å². The number of aryl methyl sites for hydroxylation is 1. The average molecular weight is 423 g/mol. The van der Waals surface area contributed by atoms with Crippen LogP contribution in [-0.4, -0.2) is 40.8 Å². The number of methoxy groups -OCH3 is 1. The fraction of sp³-hybridized carbons (Fsp3) is 0.333. The molecular weight excluding hydrogens is 395 g/mol. The van der Waals surface area contributed by atoms with Crippen LogP contribution < -0.4 is 10.5 Å². The highest BCUT2D eigenvalue weighted by molar-refractivity contribution is 5.77. The van der Waals surface area contributed by atoms with Crippen LogP contribution in [0.25, 0.3) is 16.9 Å². The summed E-state index contributed by atoms with van der Waals surface area (Å²) in [6.45, 7) is 4.15. The Morgan fingerprint density at radius 3 is 2.81 bits per heavy atom. The van der Waals surface area contributed by atoms with Crippen LogP contribution in [-0.2, 0) is 11.3 Å². The van der Waals surface area contributed by atoms with Crippen molar-refractivity contribution < 1.29 is 13.9 Å². The number of para-hydroxylation sites is 1. The molecule has 0 radical (unpaired) electrons. The molecule has 1 aliphatic heterocycles. The Labute approximate surface area is 181 Å². The van der Waals surface area contributed by atoms with Crippen LogP contribution in [0.5, 0.6) is 5.75 Å². The average Bonchev–Trinajstić information content (AvgIpc) is 3.17. The van der Waals surface area contributed by atoms with Crippen LogP contribution in [0.15, 0.2) is 48.7 Å². The second-order valence-corrected chi connectivity index (χ2v) is 8.06. The smallest absolute Gasteiger partial charge is 0.221 e. The van der Waals surface area contributed by atoms with E-state index >= 15 is 0 Å². The molecule has 0 unspecified atom stereocenters. The molecule has 1 atom stereocenters. The van der Waals surface area contributed by atoms with Crippen LogP contribution >= 0.6 is 0 Å². The summed E-state index contributed by atoms with van der Waals surface area (Å²) in [6, 6.07) is 12.9. The third-order valence-electron chi connectivity index (χ3n) is 5.88. The van der Waals surface area contributed by atoms with E-state index in [0.29, 0.717) is 24.3 Å². The Morgan fingerprint density at radius 1 is 1.29 bits per heavy atom. The second kappa shape index (κ2) is 8.89. The van der Waals surface area contributed by atoms with E-state index in [-0.39, 0.29) is 17.6 Å². The number of primary amides is 1. The number of likely N-dealkylation sites (tertiary alicyclic amines) is 1. The second-order valence-electron chi connectivity index (χ2n) is 8.06. The van der Waals surface area contributed by atoms with Crippen molar-refractivity contribution in [2.45, 2.75) is 26.3 Å². The van der Waals surface area contributed by atoms with Gasteiger partial charge < -0.3 is 10.5 Å². The standard InChI is InChI=1S/C24H27FN4O2/c1-16-6-3-4-8-21(16)29-15-19(14-28-11-5-7-18(13-28)24(26)30)23(27-29)17-9-10-22(31-2)20(25)12-17/h3-4,6,8-10,12,15,18H,5,7,11,13-14H2,1-2H3,(H2,26,30)/t18-/m0/s1. The van der Waals surface area contributed by atoms with Crippen LogP contribution in [0.4, 0.5) is 4.39 Å². The largest absolute Gasteiger partial charge is 0.494 e. The van der Waals surface area contributed by atoms with Crippen molar-refractivity contribution >= 4 is 5.91 Å². The van der Waals surface area contributed by atoms with E-state index in [0.717, 1.165) is 36.2 Å². The zero-order valence-corrected chi connectivity index (χ0v) is 17.8. The summed E-state index contributed by atoms with van der Waals surface area (Å²) >= 11 is 0. The first-order valence-electron chi connectivity index (χ1n) is 10.5. The third kappa shape index (κ3) is 4.46. The lowest BCUT2D eigenvalue weighted by molar-refractivity contribution is -0.123. The lowest BCUT2D eigenvalue weighted by Crippen LogP contribution is -2.40. The van der Waals surface area contributed by atoms with E-state index < -0.39 is 5.82 Å². The van der Waals surface area contributed by atoms with Crippen LogP contribution in [0.3, 0.4) is 0 Å². The predicted octanol–water partition coefficient (Wildman–Crippen LogP) is 3.69. The quantitative estimate of drug-likeness (QED) is 0.658. The highest BCUT2D eigenvalue weighted by Gasteiger charge is 2.25. The number of halogens is 1. The van der Waals surface area contributed by atoms with E-state index in [9.17, 15) is 9.18 Å². The number of nitrogens with two attached hydrogens (primary N) is 1. The molecule has 4 rings (SSSR count). The van der Waals surface area contributed by atoms with Gasteiger partial charge in [0.05, 0.1) is 24.4 Å². The van der Waals surface area contributed by atoms with E-state index in [1.807, 2.05) is 48.1 Å². The summed E-state index contributed by atoms with van der Waals surface area (Å²) in [5.74, 6) is -0.619. The maximum Gasteiger partial charge on any atom is 0.221 e. The molecule has 162 valence electrons. The molecule has 1 fully saturated rings. The number of carbonyl (C=O) groups excluding carboxylic acids is 1. The highest BCUT2D eigenvalue weighted by atomic mass is 19.1. The number of aromatic nitrogens is 2. The van der Waals surface area contributed by atoms with Gasteiger partial charge in [0.25, 0.3) is 0 Å². The van der Waals surface area contributed by atoms with E-state index in [2.05, 4.69) is 4.90 Å². The minimum Gasteiger partial charge on any atom is -0.494 e. The first-order chi connectivity index (χ1) is 15.0. The lowest BCUT2D eigenvalue weighted by atomic mass is 9.97. The number of rotatable bonds is 6. The van der Waals surface area contributed by atoms with Crippen molar-refractivity contribution in [1.82, 2.24) is 14.7 Å². The Morgan fingerprint density at radius 2 is 2.10 bits per heavy atom. The monoisotopic (exact) mass is 422 g/mol. The Hall–Kier alpha value is -3.19. The molecule has 0 spiro atoms. The molecule has 1 aliphatic rings. The number of piperidine rings is 1. The lowest BCUT2D eigenvalue weighted by Gasteiger charge is -2.31. The summed E-state index contributed by atoms with van der Waals surface area (Å²) < 4.78 is 21.3. The first-order valence-corrected chi connectivity index (χ1v) is 10.5. The number of carbonyl (C=O) groups is 1. The molecule has 0 aliphatic carbocycles. The topological polar surface area (TPSA) is 73.4 Å². The fourth-order valence-corrected chi connectivity index (χ4v) is 4.20. The van der Waals surface area contributed by atoms with Gasteiger partial charge >= 0.3 is 0 Å². The molecule has 2 N–H and O–H groups in total. The van der Waals surface area contributed by atoms with Gasteiger partial charge in [0.2, 0.25) is 5.91 Å². The van der Waals surface area contributed by atoms with Gasteiger partial charge in [-0.2, -0.15) is 5.10 Å². The summed E-state index contributed by atoms with van der Waals surface area (Å²) in [6.07, 6.45) is 3.74. The minimum absolute atomic E-state index is 0.137. The molecule has 7 heteroatoms. The number of hydrogen-bond acceptors (Lipinski definition) is 4. The summed E-state index contributed by atoms with van der Waals surface area (Å²) in [4.78, 5) is 13.9. The predicted molar refractivity (Wildman–Crippen MR) is 117 cm³/mol. The van der Waals surface area contributed by atoms with Crippen molar-refractivity contribution in [2.24, 2.45) is 11.7 Å². The molecule has 1 amide bonds. The highest BCUT2D eigenvalue weighted by Crippen LogP contribution is 2.30. The maximum atomic E-state index is 14.4. The molecule has 0 saturated carbocycles. The number of amides is 1. The van der Waals surface area contributed by atoms with Gasteiger partial charge in [-0.25, -0.2) is 9.07 Å². The molecule has 1 saturated heterocycles. The van der Waals surface area contributed by atoms with Gasteiger partial charge in [0.1, 0.15) is 0 Å². The summed E-state index contributed by atoms with van der Waals surface area (Å²) in [5, 5.41) is 4.82.